The number of pyridine rings is 1. The molecule has 4 rings (SSSR count). The minimum Gasteiger partial charge on any atom is -0.467 e. The lowest BCUT2D eigenvalue weighted by molar-refractivity contribution is 0.213. The Bertz CT molecular complexity index is 1290. The van der Waals surface area contributed by atoms with Crippen molar-refractivity contribution in [1.29, 1.82) is 0 Å². The van der Waals surface area contributed by atoms with Crippen molar-refractivity contribution in [2.75, 3.05) is 0 Å². The van der Waals surface area contributed by atoms with Crippen LogP contribution in [0.4, 0.5) is 0 Å². The Morgan fingerprint density at radius 2 is 2.04 bits per heavy atom. The van der Waals surface area contributed by atoms with Crippen LogP contribution >= 0.6 is 0 Å². The average molecular weight is 379 g/mol. The Labute approximate surface area is 158 Å². The zero-order valence-corrected chi connectivity index (χ0v) is 15.4. The van der Waals surface area contributed by atoms with Gasteiger partial charge in [-0.2, -0.15) is 0 Å². The molecule has 0 amide bonds. The number of aromatic amines is 2. The van der Waals surface area contributed by atoms with E-state index in [1.54, 1.807) is 24.0 Å². The maximum absolute atomic E-state index is 12.1. The monoisotopic (exact) mass is 379 g/mol. The van der Waals surface area contributed by atoms with Crippen molar-refractivity contribution in [3.05, 3.63) is 62.7 Å². The van der Waals surface area contributed by atoms with Gasteiger partial charge in [-0.15, -0.1) is 15.3 Å². The van der Waals surface area contributed by atoms with Crippen molar-refractivity contribution in [3.8, 4) is 17.1 Å². The minimum absolute atomic E-state index is 0.192. The van der Waals surface area contributed by atoms with Crippen LogP contribution in [0.2, 0.25) is 0 Å². The quantitative estimate of drug-likeness (QED) is 0.545. The Balaban J connectivity index is 1.77. The molecule has 10 nitrogen and oxygen atoms in total. The molecule has 0 fully saturated rings. The van der Waals surface area contributed by atoms with E-state index in [-0.39, 0.29) is 11.7 Å². The van der Waals surface area contributed by atoms with Crippen molar-refractivity contribution in [1.82, 2.24) is 34.9 Å². The summed E-state index contributed by atoms with van der Waals surface area (Å²) in [6, 6.07) is 5.51. The van der Waals surface area contributed by atoms with Crippen molar-refractivity contribution in [2.24, 2.45) is 7.05 Å². The van der Waals surface area contributed by atoms with Crippen LogP contribution in [0.3, 0.4) is 0 Å². The summed E-state index contributed by atoms with van der Waals surface area (Å²) in [4.78, 5) is 32.2. The number of aryl methyl sites for hydroxylation is 2. The Morgan fingerprint density at radius 3 is 2.79 bits per heavy atom. The second-order valence-electron chi connectivity index (χ2n) is 6.40. The summed E-state index contributed by atoms with van der Waals surface area (Å²) in [5.41, 5.74) is 1.70. The van der Waals surface area contributed by atoms with Gasteiger partial charge in [-0.05, 0) is 37.6 Å². The van der Waals surface area contributed by atoms with E-state index in [1.807, 2.05) is 26.0 Å². The van der Waals surface area contributed by atoms with E-state index in [0.717, 1.165) is 11.3 Å². The summed E-state index contributed by atoms with van der Waals surface area (Å²) in [7, 11) is 1.73. The maximum Gasteiger partial charge on any atom is 0.325 e. The van der Waals surface area contributed by atoms with Gasteiger partial charge in [0.05, 0.1) is 16.6 Å². The first kappa shape index (κ1) is 17.6. The van der Waals surface area contributed by atoms with Crippen LogP contribution in [0, 0.1) is 6.92 Å². The van der Waals surface area contributed by atoms with Crippen LogP contribution in [0.15, 0.2) is 40.2 Å². The van der Waals surface area contributed by atoms with Gasteiger partial charge in [-0.3, -0.25) is 14.8 Å². The van der Waals surface area contributed by atoms with E-state index in [1.165, 1.54) is 6.20 Å². The number of fused-ring (bicyclic) bond motifs is 1. The van der Waals surface area contributed by atoms with E-state index in [4.69, 9.17) is 4.74 Å². The fourth-order valence-electron chi connectivity index (χ4n) is 2.85. The van der Waals surface area contributed by atoms with Crippen LogP contribution in [-0.4, -0.2) is 34.9 Å². The molecule has 10 heteroatoms. The van der Waals surface area contributed by atoms with Gasteiger partial charge in [0.15, 0.2) is 5.65 Å². The highest BCUT2D eigenvalue weighted by Crippen LogP contribution is 2.29. The molecule has 142 valence electrons. The number of aromatic nitrogens is 7. The normalized spacial score (nSPS) is 12.2. The molecular formula is C18H17N7O3. The Hall–Kier alpha value is -3.82. The third-order valence-corrected chi connectivity index (χ3v) is 4.29. The van der Waals surface area contributed by atoms with Gasteiger partial charge in [0, 0.05) is 19.4 Å². The van der Waals surface area contributed by atoms with Gasteiger partial charge in [0.1, 0.15) is 11.8 Å². The minimum atomic E-state index is -0.590. The molecule has 1 atom stereocenters. The molecule has 4 heterocycles. The lowest BCUT2D eigenvalue weighted by Gasteiger charge is -2.12. The number of rotatable bonds is 4. The van der Waals surface area contributed by atoms with Crippen molar-refractivity contribution < 1.29 is 4.74 Å². The molecule has 0 aliphatic rings. The number of ether oxygens (including phenoxy) is 1. The van der Waals surface area contributed by atoms with Crippen LogP contribution < -0.4 is 16.0 Å². The first-order valence-corrected chi connectivity index (χ1v) is 8.54. The summed E-state index contributed by atoms with van der Waals surface area (Å²) < 4.78 is 7.57. The summed E-state index contributed by atoms with van der Waals surface area (Å²) >= 11 is 0. The van der Waals surface area contributed by atoms with E-state index >= 15 is 0 Å². The number of H-pyrrole nitrogens is 2. The van der Waals surface area contributed by atoms with Crippen LogP contribution in [0.25, 0.3) is 22.3 Å². The third kappa shape index (κ3) is 3.15. The molecule has 4 aromatic heterocycles. The van der Waals surface area contributed by atoms with Gasteiger partial charge < -0.3 is 9.72 Å². The second kappa shape index (κ2) is 6.72. The Kier molecular flexibility index (Phi) is 4.22. The highest BCUT2D eigenvalue weighted by Gasteiger charge is 2.18. The standard InChI is InChI=1S/C18H17N7O3/c1-9-4-5-19-13(6-9)10(2)28-17-11-7-14(22-23-15(11)25(3)24-17)12-8-20-18(27)21-16(12)26/h4-8,10H,1-3H3,(H2,20,21,26,27)/t10-/m0/s1. The number of hydrogen-bond donors (Lipinski definition) is 2. The van der Waals surface area contributed by atoms with Crippen LogP contribution in [0.1, 0.15) is 24.3 Å². The van der Waals surface area contributed by atoms with Gasteiger partial charge >= 0.3 is 5.69 Å². The SMILES string of the molecule is Cc1ccnc([C@H](C)Oc2nn(C)c3nnc(-c4c[nH]c(=O)[nH]c4=O)cc23)c1. The lowest BCUT2D eigenvalue weighted by Crippen LogP contribution is -2.22. The third-order valence-electron chi connectivity index (χ3n) is 4.29. The predicted octanol–water partition coefficient (Wildman–Crippen LogP) is 1.25. The van der Waals surface area contributed by atoms with E-state index in [0.29, 0.717) is 22.6 Å². The number of hydrogen-bond acceptors (Lipinski definition) is 7. The van der Waals surface area contributed by atoms with E-state index in [2.05, 4.69) is 30.2 Å². The van der Waals surface area contributed by atoms with Crippen LogP contribution in [-0.2, 0) is 7.05 Å². The molecule has 4 aromatic rings. The lowest BCUT2D eigenvalue weighted by atomic mass is 10.2. The number of nitrogens with zero attached hydrogens (tertiary/aromatic N) is 5. The summed E-state index contributed by atoms with van der Waals surface area (Å²) in [5.74, 6) is 0.352. The molecule has 0 aromatic carbocycles. The fourth-order valence-corrected chi connectivity index (χ4v) is 2.85. The predicted molar refractivity (Wildman–Crippen MR) is 101 cm³/mol. The van der Waals surface area contributed by atoms with Crippen molar-refractivity contribution in [3.63, 3.8) is 0 Å². The molecule has 0 radical (unpaired) electrons. The van der Waals surface area contributed by atoms with Crippen LogP contribution in [0.5, 0.6) is 5.88 Å². The second-order valence-corrected chi connectivity index (χ2v) is 6.40. The van der Waals surface area contributed by atoms with Gasteiger partial charge in [-0.25, -0.2) is 9.48 Å². The van der Waals surface area contributed by atoms with Crippen molar-refractivity contribution >= 4 is 11.0 Å². The van der Waals surface area contributed by atoms with Gasteiger partial charge in [0.25, 0.3) is 5.56 Å². The van der Waals surface area contributed by atoms with E-state index < -0.39 is 11.2 Å². The largest absolute Gasteiger partial charge is 0.467 e. The summed E-state index contributed by atoms with van der Waals surface area (Å²) in [5, 5.41) is 13.2. The molecule has 0 aliphatic carbocycles. The molecule has 0 saturated carbocycles. The zero-order valence-electron chi connectivity index (χ0n) is 15.4. The molecule has 0 saturated heterocycles. The molecule has 28 heavy (non-hydrogen) atoms. The first-order valence-electron chi connectivity index (χ1n) is 8.54. The summed E-state index contributed by atoms with van der Waals surface area (Å²) in [6.07, 6.45) is 2.69. The topological polar surface area (TPSA) is 131 Å². The molecule has 0 spiro atoms. The van der Waals surface area contributed by atoms with E-state index in [9.17, 15) is 9.59 Å². The smallest absolute Gasteiger partial charge is 0.325 e. The number of nitrogens with one attached hydrogen (secondary N) is 2. The summed E-state index contributed by atoms with van der Waals surface area (Å²) in [6.45, 7) is 3.86. The maximum atomic E-state index is 12.1. The zero-order chi connectivity index (χ0) is 19.8. The highest BCUT2D eigenvalue weighted by molar-refractivity contribution is 5.84. The average Bonchev–Trinajstić information content (AvgIpc) is 2.97. The Morgan fingerprint density at radius 1 is 1.21 bits per heavy atom. The molecule has 0 aliphatic heterocycles. The molecule has 0 bridgehead atoms. The van der Waals surface area contributed by atoms with Gasteiger partial charge in [0.2, 0.25) is 5.88 Å². The van der Waals surface area contributed by atoms with Crippen molar-refractivity contribution in [2.45, 2.75) is 20.0 Å². The fraction of sp³-hybridized carbons (Fsp3) is 0.222. The highest BCUT2D eigenvalue weighted by atomic mass is 16.5. The molecule has 0 unspecified atom stereocenters. The molecule has 2 N–H and O–H groups in total. The first-order chi connectivity index (χ1) is 13.4. The molecular weight excluding hydrogens is 362 g/mol. The van der Waals surface area contributed by atoms with Gasteiger partial charge in [-0.1, -0.05) is 0 Å².